The number of ether oxygens (including phenoxy) is 2. The van der Waals surface area contributed by atoms with E-state index in [1.807, 2.05) is 0 Å². The number of hydrogen-bond donors (Lipinski definition) is 1. The predicted octanol–water partition coefficient (Wildman–Crippen LogP) is 0.00970. The first-order valence-corrected chi connectivity index (χ1v) is 3.64. The molecule has 3 heteroatoms. The number of hydrogen-bond acceptors (Lipinski definition) is 3. The Morgan fingerprint density at radius 3 is 2.40 bits per heavy atom. The van der Waals surface area contributed by atoms with E-state index < -0.39 is 0 Å². The van der Waals surface area contributed by atoms with E-state index in [2.05, 4.69) is 5.32 Å². The Hall–Kier alpha value is -0.120. The Bertz CT molecular complexity index is 85.6. The van der Waals surface area contributed by atoms with Gasteiger partial charge in [-0.05, 0) is 13.0 Å². The molecule has 2 atom stereocenters. The van der Waals surface area contributed by atoms with Crippen LogP contribution in [0.15, 0.2) is 0 Å². The molecule has 60 valence electrons. The third-order valence-electron chi connectivity index (χ3n) is 1.97. The minimum atomic E-state index is 0.235. The summed E-state index contributed by atoms with van der Waals surface area (Å²) in [7, 11) is 3.46. The molecule has 10 heavy (non-hydrogen) atoms. The molecule has 1 aliphatic heterocycles. The minimum absolute atomic E-state index is 0.235. The van der Waals surface area contributed by atoms with Crippen LogP contribution in [0.5, 0.6) is 0 Å². The molecule has 1 fully saturated rings. The molecule has 0 aromatic carbocycles. The second-order valence-electron chi connectivity index (χ2n) is 2.54. The van der Waals surface area contributed by atoms with Crippen molar-refractivity contribution in [2.45, 2.75) is 18.6 Å². The van der Waals surface area contributed by atoms with Crippen LogP contribution in [0.4, 0.5) is 0 Å². The van der Waals surface area contributed by atoms with Crippen molar-refractivity contribution in [1.82, 2.24) is 5.32 Å². The fourth-order valence-electron chi connectivity index (χ4n) is 1.31. The maximum absolute atomic E-state index is 5.23. The third-order valence-corrected chi connectivity index (χ3v) is 1.97. The van der Waals surface area contributed by atoms with Crippen LogP contribution >= 0.6 is 0 Å². The first kappa shape index (κ1) is 7.98. The van der Waals surface area contributed by atoms with Gasteiger partial charge in [-0.15, -0.1) is 0 Å². The van der Waals surface area contributed by atoms with Gasteiger partial charge in [-0.25, -0.2) is 0 Å². The second-order valence-corrected chi connectivity index (χ2v) is 2.54. The van der Waals surface area contributed by atoms with Gasteiger partial charge in [-0.2, -0.15) is 0 Å². The maximum Gasteiger partial charge on any atom is 0.0957 e. The fraction of sp³-hybridized carbons (Fsp3) is 1.00. The average Bonchev–Trinajstić information content (AvgIpc) is 2.04. The van der Waals surface area contributed by atoms with Gasteiger partial charge in [0.25, 0.3) is 0 Å². The molecule has 0 spiro atoms. The summed E-state index contributed by atoms with van der Waals surface area (Å²) in [6.07, 6.45) is 1.57. The van der Waals surface area contributed by atoms with E-state index in [0.717, 1.165) is 19.5 Å². The standard InChI is InChI=1S/C7H15NO2/c1-9-6-3-4-8-5-7(6)10-2/h6-8H,3-5H2,1-2H3/t6-,7+/m0/s1. The Morgan fingerprint density at radius 2 is 1.90 bits per heavy atom. The molecule has 0 unspecified atom stereocenters. The molecule has 1 heterocycles. The summed E-state index contributed by atoms with van der Waals surface area (Å²) in [5, 5.41) is 3.25. The quantitative estimate of drug-likeness (QED) is 0.593. The van der Waals surface area contributed by atoms with Gasteiger partial charge in [0.2, 0.25) is 0 Å². The van der Waals surface area contributed by atoms with Crippen molar-refractivity contribution in [3.63, 3.8) is 0 Å². The largest absolute Gasteiger partial charge is 0.379 e. The highest BCUT2D eigenvalue weighted by Crippen LogP contribution is 2.09. The number of nitrogens with one attached hydrogen (secondary N) is 1. The molecule has 3 nitrogen and oxygen atoms in total. The smallest absolute Gasteiger partial charge is 0.0957 e. The molecule has 0 aliphatic carbocycles. The van der Waals surface area contributed by atoms with Crippen molar-refractivity contribution in [2.24, 2.45) is 0 Å². The topological polar surface area (TPSA) is 30.5 Å². The van der Waals surface area contributed by atoms with E-state index in [0.29, 0.717) is 0 Å². The van der Waals surface area contributed by atoms with Crippen LogP contribution < -0.4 is 5.32 Å². The van der Waals surface area contributed by atoms with Gasteiger partial charge in [0.1, 0.15) is 0 Å². The Labute approximate surface area is 61.7 Å². The zero-order valence-electron chi connectivity index (χ0n) is 6.59. The van der Waals surface area contributed by atoms with Crippen molar-refractivity contribution in [3.8, 4) is 0 Å². The molecule has 1 N–H and O–H groups in total. The van der Waals surface area contributed by atoms with Gasteiger partial charge in [0.15, 0.2) is 0 Å². The second kappa shape index (κ2) is 3.91. The van der Waals surface area contributed by atoms with Gasteiger partial charge in [-0.1, -0.05) is 0 Å². The molecule has 0 aromatic heterocycles. The van der Waals surface area contributed by atoms with E-state index in [9.17, 15) is 0 Å². The summed E-state index contributed by atoms with van der Waals surface area (Å²) in [6.45, 7) is 1.95. The maximum atomic E-state index is 5.23. The van der Waals surface area contributed by atoms with E-state index >= 15 is 0 Å². The molecule has 0 radical (unpaired) electrons. The zero-order chi connectivity index (χ0) is 7.40. The van der Waals surface area contributed by atoms with Crippen molar-refractivity contribution < 1.29 is 9.47 Å². The molecule has 1 saturated heterocycles. The van der Waals surface area contributed by atoms with Gasteiger partial charge in [-0.3, -0.25) is 0 Å². The van der Waals surface area contributed by atoms with Crippen molar-refractivity contribution in [2.75, 3.05) is 27.3 Å². The van der Waals surface area contributed by atoms with E-state index in [-0.39, 0.29) is 12.2 Å². The monoisotopic (exact) mass is 145 g/mol. The summed E-state index contributed by atoms with van der Waals surface area (Å²) in [5.74, 6) is 0. The lowest BCUT2D eigenvalue weighted by atomic mass is 10.1. The van der Waals surface area contributed by atoms with Crippen molar-refractivity contribution in [1.29, 1.82) is 0 Å². The molecular formula is C7H15NO2. The SMILES string of the molecule is CO[C@H]1CCNC[C@H]1OC. The zero-order valence-corrected chi connectivity index (χ0v) is 6.59. The van der Waals surface area contributed by atoms with Gasteiger partial charge in [0.05, 0.1) is 12.2 Å². The number of methoxy groups -OCH3 is 2. The summed E-state index contributed by atoms with van der Waals surface area (Å²) in [5.41, 5.74) is 0. The van der Waals surface area contributed by atoms with Crippen LogP contribution in [0.1, 0.15) is 6.42 Å². The summed E-state index contributed by atoms with van der Waals surface area (Å²) >= 11 is 0. The van der Waals surface area contributed by atoms with Gasteiger partial charge in [0, 0.05) is 20.8 Å². The fourth-order valence-corrected chi connectivity index (χ4v) is 1.31. The van der Waals surface area contributed by atoms with Crippen LogP contribution in [0.2, 0.25) is 0 Å². The molecular weight excluding hydrogens is 130 g/mol. The lowest BCUT2D eigenvalue weighted by Crippen LogP contribution is -2.45. The normalized spacial score (nSPS) is 34.2. The van der Waals surface area contributed by atoms with Gasteiger partial charge < -0.3 is 14.8 Å². The number of piperidine rings is 1. The van der Waals surface area contributed by atoms with Crippen LogP contribution in [0.25, 0.3) is 0 Å². The predicted molar refractivity (Wildman–Crippen MR) is 39.1 cm³/mol. The molecule has 0 bridgehead atoms. The molecule has 0 amide bonds. The summed E-state index contributed by atoms with van der Waals surface area (Å²) < 4.78 is 10.4. The van der Waals surface area contributed by atoms with Crippen LogP contribution in [0.3, 0.4) is 0 Å². The Kier molecular flexibility index (Phi) is 3.12. The first-order chi connectivity index (χ1) is 4.88. The van der Waals surface area contributed by atoms with Crippen molar-refractivity contribution in [3.05, 3.63) is 0 Å². The molecule has 0 saturated carbocycles. The van der Waals surface area contributed by atoms with Crippen molar-refractivity contribution >= 4 is 0 Å². The van der Waals surface area contributed by atoms with E-state index in [1.54, 1.807) is 14.2 Å². The highest BCUT2D eigenvalue weighted by atomic mass is 16.5. The minimum Gasteiger partial charge on any atom is -0.379 e. The lowest BCUT2D eigenvalue weighted by Gasteiger charge is -2.29. The molecule has 1 aliphatic rings. The summed E-state index contributed by atoms with van der Waals surface area (Å²) in [6, 6.07) is 0. The highest BCUT2D eigenvalue weighted by molar-refractivity contribution is 4.78. The van der Waals surface area contributed by atoms with E-state index in [4.69, 9.17) is 9.47 Å². The van der Waals surface area contributed by atoms with Crippen LogP contribution in [-0.4, -0.2) is 39.5 Å². The Morgan fingerprint density at radius 1 is 1.20 bits per heavy atom. The highest BCUT2D eigenvalue weighted by Gasteiger charge is 2.23. The summed E-state index contributed by atoms with van der Waals surface area (Å²) in [4.78, 5) is 0. The van der Waals surface area contributed by atoms with Gasteiger partial charge >= 0.3 is 0 Å². The van der Waals surface area contributed by atoms with E-state index in [1.165, 1.54) is 0 Å². The Balaban J connectivity index is 2.34. The third kappa shape index (κ3) is 1.68. The number of rotatable bonds is 2. The molecule has 1 rings (SSSR count). The lowest BCUT2D eigenvalue weighted by molar-refractivity contribution is -0.0500. The van der Waals surface area contributed by atoms with Crippen LogP contribution in [-0.2, 0) is 9.47 Å². The first-order valence-electron chi connectivity index (χ1n) is 3.64. The average molecular weight is 145 g/mol. The molecule has 0 aromatic rings. The van der Waals surface area contributed by atoms with Crippen LogP contribution in [0, 0.1) is 0 Å².